The Morgan fingerprint density at radius 3 is 2.12 bits per heavy atom. The van der Waals surface area contributed by atoms with Crippen molar-refractivity contribution >= 4 is 14.8 Å². The summed E-state index contributed by atoms with van der Waals surface area (Å²) in [5.41, 5.74) is 0. The van der Waals surface area contributed by atoms with E-state index in [4.69, 9.17) is 18.0 Å². The van der Waals surface area contributed by atoms with Crippen LogP contribution in [0.3, 0.4) is 0 Å². The van der Waals surface area contributed by atoms with Gasteiger partial charge in [-0.1, -0.05) is 18.2 Å². The van der Waals surface area contributed by atoms with Crippen LogP contribution in [0.2, 0.25) is 0 Å². The fourth-order valence-corrected chi connectivity index (χ4v) is 2.05. The van der Waals surface area contributed by atoms with Crippen LogP contribution in [0.5, 0.6) is 0 Å². The minimum absolute atomic E-state index is 0.00445. The molecule has 0 spiro atoms. The van der Waals surface area contributed by atoms with Gasteiger partial charge >= 0.3 is 14.8 Å². The second kappa shape index (κ2) is 8.23. The molecule has 0 saturated heterocycles. The van der Waals surface area contributed by atoms with Gasteiger partial charge in [0.25, 0.3) is 0 Å². The molecule has 0 aliphatic heterocycles. The van der Waals surface area contributed by atoms with E-state index in [1.807, 2.05) is 13.0 Å². The van der Waals surface area contributed by atoms with Crippen molar-refractivity contribution < 1.29 is 22.8 Å². The largest absolute Gasteiger partial charge is 0.539 e. The zero-order valence-corrected chi connectivity index (χ0v) is 11.1. The third-order valence-electron chi connectivity index (χ3n) is 1.86. The van der Waals surface area contributed by atoms with Crippen molar-refractivity contribution in [1.29, 1.82) is 0 Å². The first-order chi connectivity index (χ1) is 7.64. The SMILES string of the molecule is CC=CC=CC(=O)OC[Si](OC)(OC)OC. The molecule has 16 heavy (non-hydrogen) atoms. The molecule has 0 heterocycles. The van der Waals surface area contributed by atoms with Crippen LogP contribution in [0, 0.1) is 0 Å². The lowest BCUT2D eigenvalue weighted by Gasteiger charge is -2.23. The number of carbonyl (C=O) groups excluding carboxylic acids is 1. The van der Waals surface area contributed by atoms with Crippen molar-refractivity contribution in [3.63, 3.8) is 0 Å². The van der Waals surface area contributed by atoms with E-state index in [9.17, 15) is 4.79 Å². The molecule has 0 aromatic carbocycles. The van der Waals surface area contributed by atoms with Gasteiger partial charge in [-0.3, -0.25) is 0 Å². The number of allylic oxidation sites excluding steroid dienone is 3. The van der Waals surface area contributed by atoms with E-state index in [2.05, 4.69) is 0 Å². The number of carbonyl (C=O) groups is 1. The summed E-state index contributed by atoms with van der Waals surface area (Å²) in [5, 5.41) is 0. The second-order valence-electron chi connectivity index (χ2n) is 2.79. The molecule has 0 unspecified atom stereocenters. The molecule has 0 N–H and O–H groups in total. The number of ether oxygens (including phenoxy) is 1. The van der Waals surface area contributed by atoms with Crippen LogP contribution in [0.15, 0.2) is 24.3 Å². The maximum absolute atomic E-state index is 11.2. The minimum atomic E-state index is -2.82. The van der Waals surface area contributed by atoms with Crippen LogP contribution in [-0.2, 0) is 22.8 Å². The molecule has 5 nitrogen and oxygen atoms in total. The highest BCUT2D eigenvalue weighted by Gasteiger charge is 2.39. The van der Waals surface area contributed by atoms with Crippen molar-refractivity contribution in [2.75, 3.05) is 27.6 Å². The molecule has 0 rings (SSSR count). The normalized spacial score (nSPS) is 12.5. The molecule has 0 aromatic heterocycles. The first-order valence-electron chi connectivity index (χ1n) is 4.75. The maximum Gasteiger partial charge on any atom is 0.539 e. The number of rotatable bonds is 7. The van der Waals surface area contributed by atoms with Gasteiger partial charge in [-0.25, -0.2) is 4.79 Å². The third-order valence-corrected chi connectivity index (χ3v) is 4.22. The maximum atomic E-state index is 11.2. The molecule has 0 bridgehead atoms. The van der Waals surface area contributed by atoms with Crippen LogP contribution >= 0.6 is 0 Å². The first kappa shape index (κ1) is 15.0. The summed E-state index contributed by atoms with van der Waals surface area (Å²) >= 11 is 0. The van der Waals surface area contributed by atoms with E-state index in [0.717, 1.165) is 0 Å². The van der Waals surface area contributed by atoms with Crippen LogP contribution in [0.1, 0.15) is 6.92 Å². The minimum Gasteiger partial charge on any atom is -0.458 e. The fraction of sp³-hybridized carbons (Fsp3) is 0.500. The summed E-state index contributed by atoms with van der Waals surface area (Å²) in [6.45, 7) is 1.86. The third kappa shape index (κ3) is 5.22. The molecule has 92 valence electrons. The monoisotopic (exact) mass is 246 g/mol. The first-order valence-corrected chi connectivity index (χ1v) is 6.69. The Hall–Kier alpha value is -0.953. The lowest BCUT2D eigenvalue weighted by atomic mass is 10.4. The lowest BCUT2D eigenvalue weighted by Crippen LogP contribution is -2.48. The number of esters is 1. The zero-order chi connectivity index (χ0) is 12.4. The van der Waals surface area contributed by atoms with Gasteiger partial charge in [-0.15, -0.1) is 0 Å². The Balaban J connectivity index is 4.16. The molecule has 0 aliphatic carbocycles. The molecule has 6 heteroatoms. The zero-order valence-electron chi connectivity index (χ0n) is 10.1. The molecule has 0 fully saturated rings. The molecule has 0 aliphatic rings. The van der Waals surface area contributed by atoms with E-state index in [0.29, 0.717) is 0 Å². The summed E-state index contributed by atoms with van der Waals surface area (Å²) in [4.78, 5) is 11.2. The summed E-state index contributed by atoms with van der Waals surface area (Å²) in [6.07, 6.45) is 6.45. The molecule has 0 saturated carbocycles. The van der Waals surface area contributed by atoms with Crippen LogP contribution < -0.4 is 0 Å². The Morgan fingerprint density at radius 2 is 1.69 bits per heavy atom. The summed E-state index contributed by atoms with van der Waals surface area (Å²) in [7, 11) is 1.56. The fourth-order valence-electron chi connectivity index (χ4n) is 0.880. The summed E-state index contributed by atoms with van der Waals surface area (Å²) in [5.74, 6) is -0.457. The number of hydrogen-bond donors (Lipinski definition) is 0. The van der Waals surface area contributed by atoms with E-state index in [1.165, 1.54) is 27.4 Å². The van der Waals surface area contributed by atoms with E-state index in [1.54, 1.807) is 12.2 Å². The van der Waals surface area contributed by atoms with Gasteiger partial charge in [0, 0.05) is 27.4 Å². The Kier molecular flexibility index (Phi) is 7.74. The van der Waals surface area contributed by atoms with Crippen molar-refractivity contribution in [1.82, 2.24) is 0 Å². The second-order valence-corrected chi connectivity index (χ2v) is 5.67. The van der Waals surface area contributed by atoms with Crippen molar-refractivity contribution in [2.45, 2.75) is 6.92 Å². The highest BCUT2D eigenvalue weighted by atomic mass is 28.4. The highest BCUT2D eigenvalue weighted by Crippen LogP contribution is 2.06. The molecule has 0 radical (unpaired) electrons. The summed E-state index contributed by atoms with van der Waals surface area (Å²) < 4.78 is 20.2. The molecule has 0 amide bonds. The van der Waals surface area contributed by atoms with Gasteiger partial charge in [-0.05, 0) is 6.92 Å². The van der Waals surface area contributed by atoms with Crippen LogP contribution in [0.4, 0.5) is 0 Å². The predicted octanol–water partition coefficient (Wildman–Crippen LogP) is 1.08. The van der Waals surface area contributed by atoms with E-state index in [-0.39, 0.29) is 6.23 Å². The predicted molar refractivity (Wildman–Crippen MR) is 61.7 cm³/mol. The van der Waals surface area contributed by atoms with Crippen LogP contribution in [-0.4, -0.2) is 42.3 Å². The van der Waals surface area contributed by atoms with Gasteiger partial charge < -0.3 is 18.0 Å². The van der Waals surface area contributed by atoms with E-state index >= 15 is 0 Å². The summed E-state index contributed by atoms with van der Waals surface area (Å²) in [6, 6.07) is 0. The average Bonchev–Trinajstić information content (AvgIpc) is 2.32. The van der Waals surface area contributed by atoms with Gasteiger partial charge in [0.2, 0.25) is 0 Å². The quantitative estimate of drug-likeness (QED) is 0.291. The Labute approximate surface area is 97.0 Å². The van der Waals surface area contributed by atoms with Gasteiger partial charge in [0.15, 0.2) is 6.23 Å². The van der Waals surface area contributed by atoms with Crippen LogP contribution in [0.25, 0.3) is 0 Å². The van der Waals surface area contributed by atoms with E-state index < -0.39 is 14.8 Å². The average molecular weight is 246 g/mol. The Morgan fingerprint density at radius 1 is 1.12 bits per heavy atom. The topological polar surface area (TPSA) is 54.0 Å². The molecule has 0 atom stereocenters. The van der Waals surface area contributed by atoms with Gasteiger partial charge in [0.05, 0.1) is 0 Å². The lowest BCUT2D eigenvalue weighted by molar-refractivity contribution is -0.137. The van der Waals surface area contributed by atoms with Crippen molar-refractivity contribution in [3.8, 4) is 0 Å². The Bertz CT molecular complexity index is 250. The smallest absolute Gasteiger partial charge is 0.458 e. The molecular formula is C10H18O5Si. The molecule has 0 aromatic rings. The van der Waals surface area contributed by atoms with Crippen molar-refractivity contribution in [3.05, 3.63) is 24.3 Å². The van der Waals surface area contributed by atoms with Crippen molar-refractivity contribution in [2.24, 2.45) is 0 Å². The number of hydrogen-bond acceptors (Lipinski definition) is 5. The standard InChI is InChI=1S/C10H18O5Si/c1-5-6-7-8-10(11)15-9-16(12-2,13-3)14-4/h5-8H,9H2,1-4H3. The highest BCUT2D eigenvalue weighted by molar-refractivity contribution is 6.60. The molecular weight excluding hydrogens is 228 g/mol. The van der Waals surface area contributed by atoms with Gasteiger partial charge in [0.1, 0.15) is 0 Å². The van der Waals surface area contributed by atoms with Gasteiger partial charge in [-0.2, -0.15) is 0 Å².